The number of fused-ring (bicyclic) bond motifs is 1. The summed E-state index contributed by atoms with van der Waals surface area (Å²) in [4.78, 5) is 37.2. The average molecular weight is 639 g/mol. The molecule has 3 saturated heterocycles. The highest BCUT2D eigenvalue weighted by Gasteiger charge is 2.33. The van der Waals surface area contributed by atoms with Gasteiger partial charge in [-0.25, -0.2) is 9.78 Å². The van der Waals surface area contributed by atoms with Crippen molar-refractivity contribution < 1.29 is 32.6 Å². The Balaban J connectivity index is 1.48. The van der Waals surface area contributed by atoms with E-state index in [0.717, 1.165) is 51.2 Å². The maximum Gasteiger partial charge on any atom is 0.416 e. The number of piperidine rings is 2. The van der Waals surface area contributed by atoms with Crippen LogP contribution in [0.5, 0.6) is 5.75 Å². The summed E-state index contributed by atoms with van der Waals surface area (Å²) in [5.74, 6) is -0.894. The third kappa shape index (κ3) is 6.71. The van der Waals surface area contributed by atoms with Crippen LogP contribution in [0.2, 0.25) is 0 Å². The average Bonchev–Trinajstić information content (AvgIpc) is 3.46. The predicted octanol–water partition coefficient (Wildman–Crippen LogP) is 6.98. The largest absolute Gasteiger partial charge is 0.489 e. The molecule has 11 heteroatoms. The summed E-state index contributed by atoms with van der Waals surface area (Å²) in [5.41, 5.74) is 0.684. The number of benzene rings is 2. The van der Waals surface area contributed by atoms with Crippen molar-refractivity contribution in [2.45, 2.75) is 83.7 Å². The van der Waals surface area contributed by atoms with Crippen LogP contribution in [0, 0.1) is 0 Å². The number of carboxylic acids is 1. The molecule has 0 atom stereocenters. The summed E-state index contributed by atoms with van der Waals surface area (Å²) in [7, 11) is 0. The fourth-order valence-electron chi connectivity index (χ4n) is 7.21. The van der Waals surface area contributed by atoms with E-state index in [-0.39, 0.29) is 40.9 Å². The monoisotopic (exact) mass is 638 g/mol. The van der Waals surface area contributed by atoms with E-state index in [1.165, 1.54) is 25.3 Å². The van der Waals surface area contributed by atoms with Crippen molar-refractivity contribution in [2.75, 3.05) is 37.6 Å². The first-order valence-corrected chi connectivity index (χ1v) is 16.3. The molecular weight excluding hydrogens is 597 g/mol. The summed E-state index contributed by atoms with van der Waals surface area (Å²) in [6, 6.07) is 8.67. The van der Waals surface area contributed by atoms with Crippen molar-refractivity contribution in [3.63, 3.8) is 0 Å². The van der Waals surface area contributed by atoms with Crippen molar-refractivity contribution in [3.05, 3.63) is 53.1 Å². The molecule has 1 aromatic heterocycles. The summed E-state index contributed by atoms with van der Waals surface area (Å²) in [6.45, 7) is 8.10. The maximum absolute atomic E-state index is 13.8. The molecule has 0 radical (unpaired) electrons. The number of carbonyl (C=O) groups excluding carboxylic acids is 1. The van der Waals surface area contributed by atoms with Gasteiger partial charge in [-0.05, 0) is 90.3 Å². The van der Waals surface area contributed by atoms with Crippen LogP contribution in [0.15, 0.2) is 36.4 Å². The Morgan fingerprint density at radius 2 is 1.76 bits per heavy atom. The van der Waals surface area contributed by atoms with Crippen molar-refractivity contribution in [3.8, 4) is 17.0 Å². The molecule has 4 heterocycles. The van der Waals surface area contributed by atoms with E-state index in [1.807, 2.05) is 13.8 Å². The van der Waals surface area contributed by atoms with Crippen LogP contribution in [0.25, 0.3) is 22.2 Å². The number of hydrogen-bond acceptors (Lipinski definition) is 6. The molecule has 0 aliphatic carbocycles. The summed E-state index contributed by atoms with van der Waals surface area (Å²) in [6.07, 6.45) is 1.81. The number of ether oxygens (including phenoxy) is 1. The number of amides is 1. The molecular formula is C35H41F3N4O4. The number of carboxylic acid groups (broad SMARTS) is 1. The van der Waals surface area contributed by atoms with E-state index in [4.69, 9.17) is 9.72 Å². The highest BCUT2D eigenvalue weighted by atomic mass is 19.4. The van der Waals surface area contributed by atoms with Crippen LogP contribution in [0.1, 0.15) is 80.3 Å². The van der Waals surface area contributed by atoms with Gasteiger partial charge in [-0.1, -0.05) is 18.6 Å². The lowest BCUT2D eigenvalue weighted by Crippen LogP contribution is -2.46. The van der Waals surface area contributed by atoms with Crippen LogP contribution in [0.3, 0.4) is 0 Å². The second kappa shape index (κ2) is 13.2. The minimum atomic E-state index is -4.57. The van der Waals surface area contributed by atoms with Gasteiger partial charge in [-0.2, -0.15) is 13.2 Å². The third-order valence-electron chi connectivity index (χ3n) is 9.42. The minimum Gasteiger partial charge on any atom is -0.489 e. The fraction of sp³-hybridized carbons (Fsp3) is 0.514. The van der Waals surface area contributed by atoms with Gasteiger partial charge in [0, 0.05) is 48.1 Å². The van der Waals surface area contributed by atoms with E-state index >= 15 is 0 Å². The van der Waals surface area contributed by atoms with Crippen molar-refractivity contribution in [1.29, 1.82) is 0 Å². The Labute approximate surface area is 267 Å². The van der Waals surface area contributed by atoms with Gasteiger partial charge in [-0.15, -0.1) is 0 Å². The van der Waals surface area contributed by atoms with Gasteiger partial charge >= 0.3 is 12.1 Å². The third-order valence-corrected chi connectivity index (χ3v) is 9.42. The Morgan fingerprint density at radius 3 is 2.39 bits per heavy atom. The van der Waals surface area contributed by atoms with Gasteiger partial charge in [0.1, 0.15) is 5.75 Å². The van der Waals surface area contributed by atoms with Crippen LogP contribution in [0.4, 0.5) is 18.9 Å². The Morgan fingerprint density at radius 1 is 1.02 bits per heavy atom. The summed E-state index contributed by atoms with van der Waals surface area (Å²) < 4.78 is 47.6. The van der Waals surface area contributed by atoms with Crippen LogP contribution >= 0.6 is 0 Å². The van der Waals surface area contributed by atoms with Crippen LogP contribution in [-0.2, 0) is 17.5 Å². The Hall–Kier alpha value is -3.70. The lowest BCUT2D eigenvalue weighted by Gasteiger charge is -2.40. The number of nitrogens with zero attached hydrogens (tertiary/aromatic N) is 4. The maximum atomic E-state index is 13.8. The van der Waals surface area contributed by atoms with Crippen molar-refractivity contribution in [1.82, 2.24) is 14.8 Å². The molecule has 2 aromatic carbocycles. The van der Waals surface area contributed by atoms with Gasteiger partial charge in [0.2, 0.25) is 5.91 Å². The molecule has 1 N–H and O–H groups in total. The second-order valence-corrected chi connectivity index (χ2v) is 13.0. The molecule has 0 spiro atoms. The highest BCUT2D eigenvalue weighted by Crippen LogP contribution is 2.41. The Bertz CT molecular complexity index is 1610. The molecule has 8 nitrogen and oxygen atoms in total. The van der Waals surface area contributed by atoms with Crippen molar-refractivity contribution in [2.24, 2.45) is 0 Å². The number of anilines is 1. The van der Waals surface area contributed by atoms with Gasteiger partial charge in [-0.3, -0.25) is 9.69 Å². The first-order valence-electron chi connectivity index (χ1n) is 16.3. The first kappa shape index (κ1) is 32.2. The molecule has 1 amide bonds. The van der Waals surface area contributed by atoms with E-state index in [2.05, 4.69) is 9.80 Å². The van der Waals surface area contributed by atoms with Gasteiger partial charge in [0.25, 0.3) is 0 Å². The number of hydrogen-bond donors (Lipinski definition) is 1. The first-order chi connectivity index (χ1) is 22.0. The molecule has 6 rings (SSSR count). The molecule has 3 aliphatic heterocycles. The van der Waals surface area contributed by atoms with E-state index in [9.17, 15) is 27.9 Å². The van der Waals surface area contributed by atoms with Crippen molar-refractivity contribution >= 4 is 28.5 Å². The summed E-state index contributed by atoms with van der Waals surface area (Å²) in [5, 5.41) is 11.1. The van der Waals surface area contributed by atoms with Crippen LogP contribution in [-0.4, -0.2) is 76.6 Å². The molecule has 0 saturated carbocycles. The zero-order valence-electron chi connectivity index (χ0n) is 26.4. The minimum absolute atomic E-state index is 0.0143. The molecule has 46 heavy (non-hydrogen) atoms. The standard InChI is InChI=1S/C35H41F3N4O4/c1-22(2)46-30-20-28-26(19-29(30)42-15-7-10-31(42)43)32(34(44)45)27(33(39-28)23-8-6-9-24(18-23)35(36,37)38)21-40-16-11-25(12-17-40)41-13-4-3-5-14-41/h6,8-9,18-20,22,25H,3-5,7,10-17,21H2,1-2H3,(H,44,45). The number of alkyl halides is 3. The number of aromatic carboxylic acids is 1. The highest BCUT2D eigenvalue weighted by molar-refractivity contribution is 6.08. The number of carbonyl (C=O) groups is 2. The van der Waals surface area contributed by atoms with Crippen LogP contribution < -0.4 is 9.64 Å². The number of aromatic nitrogens is 1. The topological polar surface area (TPSA) is 86.2 Å². The number of pyridine rings is 1. The number of likely N-dealkylation sites (tertiary alicyclic amines) is 2. The Kier molecular flexibility index (Phi) is 9.25. The summed E-state index contributed by atoms with van der Waals surface area (Å²) >= 11 is 0. The van der Waals surface area contributed by atoms with Gasteiger partial charge < -0.3 is 19.6 Å². The van der Waals surface area contributed by atoms with Gasteiger partial charge in [0.15, 0.2) is 0 Å². The molecule has 246 valence electrons. The normalized spacial score (nSPS) is 19.0. The quantitative estimate of drug-likeness (QED) is 0.285. The van der Waals surface area contributed by atoms with E-state index < -0.39 is 17.7 Å². The number of halogens is 3. The SMILES string of the molecule is CC(C)Oc1cc2nc(-c3cccc(C(F)(F)F)c3)c(CN3CCC(N4CCCCC4)CC3)c(C(=O)O)c2cc1N1CCCC1=O. The number of rotatable bonds is 8. The molecule has 0 unspecified atom stereocenters. The van der Waals surface area contributed by atoms with Gasteiger partial charge in [0.05, 0.1) is 34.1 Å². The second-order valence-electron chi connectivity index (χ2n) is 13.0. The zero-order valence-corrected chi connectivity index (χ0v) is 26.4. The van der Waals surface area contributed by atoms with E-state index in [0.29, 0.717) is 47.8 Å². The molecule has 3 aromatic rings. The lowest BCUT2D eigenvalue weighted by molar-refractivity contribution is -0.137. The fourth-order valence-corrected chi connectivity index (χ4v) is 7.21. The smallest absolute Gasteiger partial charge is 0.416 e. The molecule has 0 bridgehead atoms. The predicted molar refractivity (Wildman–Crippen MR) is 170 cm³/mol. The lowest BCUT2D eigenvalue weighted by atomic mass is 9.93. The zero-order chi connectivity index (χ0) is 32.6. The van der Waals surface area contributed by atoms with E-state index in [1.54, 1.807) is 23.1 Å². The molecule has 3 fully saturated rings. The molecule has 3 aliphatic rings.